The fourth-order valence-electron chi connectivity index (χ4n) is 9.09. The van der Waals surface area contributed by atoms with E-state index in [4.69, 9.17) is 17.3 Å². The van der Waals surface area contributed by atoms with Gasteiger partial charge in [0.15, 0.2) is 0 Å². The fraction of sp³-hybridized carbons (Fsp3) is 0.700. The van der Waals surface area contributed by atoms with Gasteiger partial charge in [-0.05, 0) is 142 Å². The highest BCUT2D eigenvalue weighted by Gasteiger charge is 2.31. The molecule has 7 nitrogen and oxygen atoms in total. The summed E-state index contributed by atoms with van der Waals surface area (Å²) >= 11 is 8.27. The number of amides is 1. The molecule has 2 saturated heterocycles. The Balaban J connectivity index is 0.953. The lowest BCUT2D eigenvalue weighted by atomic mass is 9.76. The Kier molecular flexibility index (Phi) is 13.5. The van der Waals surface area contributed by atoms with Gasteiger partial charge in [0.1, 0.15) is 5.78 Å². The van der Waals surface area contributed by atoms with E-state index in [1.54, 1.807) is 11.3 Å². The highest BCUT2D eigenvalue weighted by atomic mass is 35.5. The lowest BCUT2D eigenvalue weighted by Gasteiger charge is -2.41. The first-order valence-corrected chi connectivity index (χ1v) is 20.7. The molecule has 3 heterocycles. The van der Waals surface area contributed by atoms with E-state index in [0.717, 1.165) is 107 Å². The first kappa shape index (κ1) is 36.8. The maximum Gasteiger partial charge on any atom is 0.240 e. The molecule has 2 aliphatic heterocycles. The average molecular weight is 710 g/mol. The number of nitrogens with two attached hydrogens (primary N) is 1. The molecule has 4 aliphatic rings. The van der Waals surface area contributed by atoms with Gasteiger partial charge in [-0.15, -0.1) is 0 Å². The van der Waals surface area contributed by atoms with Gasteiger partial charge in [-0.1, -0.05) is 43.4 Å². The number of piperidine rings is 1. The number of hydrogen-bond donors (Lipinski definition) is 3. The number of hydrogen-bond acceptors (Lipinski definition) is 7. The van der Waals surface area contributed by atoms with Crippen molar-refractivity contribution in [3.63, 3.8) is 0 Å². The summed E-state index contributed by atoms with van der Waals surface area (Å²) < 4.78 is 0. The standard InChI is InChI=1S/C40H60ClN5O2S/c1-28-22-31(23-36(41)39(28)42)24-37(40(48)46-20-18-45(19-21-46)35-13-16-43-17-14-35)44-15-3-4-29-7-9-30(10-8-29)11-12-32-25-34-27-49-26-33(34)5-2-6-38(32)47/h22-23,26-27,29-30,32,35,37,43-44H,2-21,24-25,42H2,1H3/t29?,30?,32?,37-/m1/s1. The zero-order valence-electron chi connectivity index (χ0n) is 29.8. The normalized spacial score (nSPS) is 25.1. The third kappa shape index (κ3) is 10.1. The van der Waals surface area contributed by atoms with Gasteiger partial charge in [-0.3, -0.25) is 14.5 Å². The Hall–Kier alpha value is -1.97. The van der Waals surface area contributed by atoms with E-state index in [0.29, 0.717) is 29.0 Å². The SMILES string of the molecule is Cc1cc(C[C@@H](NCCCC2CCC(CCC3Cc4cscc4CCCC3=O)CC2)C(=O)N2CCN(C3CCNCC3)CC2)cc(Cl)c1N. The van der Waals surface area contributed by atoms with Crippen molar-refractivity contribution < 1.29 is 9.59 Å². The largest absolute Gasteiger partial charge is 0.397 e. The van der Waals surface area contributed by atoms with Crippen molar-refractivity contribution in [1.29, 1.82) is 0 Å². The van der Waals surface area contributed by atoms with Crippen molar-refractivity contribution in [3.8, 4) is 0 Å². The van der Waals surface area contributed by atoms with Crippen LogP contribution in [-0.2, 0) is 28.9 Å². The summed E-state index contributed by atoms with van der Waals surface area (Å²) in [6, 6.07) is 4.41. The van der Waals surface area contributed by atoms with Crippen LogP contribution < -0.4 is 16.4 Å². The number of Topliss-reactive ketones (excluding diaryl/α,β-unsaturated/α-hetero) is 1. The van der Waals surface area contributed by atoms with E-state index >= 15 is 0 Å². The Morgan fingerprint density at radius 1 is 0.980 bits per heavy atom. The Morgan fingerprint density at radius 2 is 1.69 bits per heavy atom. The minimum atomic E-state index is -0.263. The van der Waals surface area contributed by atoms with Crippen molar-refractivity contribution in [1.82, 2.24) is 20.4 Å². The molecule has 1 aromatic carbocycles. The van der Waals surface area contributed by atoms with Crippen molar-refractivity contribution >= 4 is 40.3 Å². The van der Waals surface area contributed by atoms with Crippen LogP contribution in [0.2, 0.25) is 5.02 Å². The fourth-order valence-corrected chi connectivity index (χ4v) is 10.3. The van der Waals surface area contributed by atoms with E-state index < -0.39 is 0 Å². The number of fused-ring (bicyclic) bond motifs is 1. The van der Waals surface area contributed by atoms with Crippen LogP contribution >= 0.6 is 22.9 Å². The molecule has 2 atom stereocenters. The summed E-state index contributed by atoms with van der Waals surface area (Å²) in [5, 5.41) is 12.3. The Morgan fingerprint density at radius 3 is 2.43 bits per heavy atom. The Labute approximate surface area is 304 Å². The van der Waals surface area contributed by atoms with E-state index in [1.807, 2.05) is 13.0 Å². The summed E-state index contributed by atoms with van der Waals surface area (Å²) in [4.78, 5) is 31.6. The van der Waals surface area contributed by atoms with Crippen molar-refractivity contribution in [2.75, 3.05) is 51.5 Å². The molecular weight excluding hydrogens is 650 g/mol. The number of benzene rings is 1. The number of rotatable bonds is 12. The van der Waals surface area contributed by atoms with E-state index in [2.05, 4.69) is 37.3 Å². The van der Waals surface area contributed by atoms with Crippen LogP contribution in [0, 0.1) is 24.7 Å². The zero-order chi connectivity index (χ0) is 34.2. The summed E-state index contributed by atoms with van der Waals surface area (Å²) in [5.41, 5.74) is 11.7. The summed E-state index contributed by atoms with van der Waals surface area (Å²) in [5.74, 6) is 2.48. The molecule has 3 fully saturated rings. The third-order valence-corrected chi connectivity index (χ3v) is 13.4. The molecule has 0 spiro atoms. The van der Waals surface area contributed by atoms with Crippen LogP contribution in [-0.4, -0.2) is 79.4 Å². The molecule has 9 heteroatoms. The number of piperazine rings is 1. The quantitative estimate of drug-likeness (QED) is 0.166. The molecule has 4 N–H and O–H groups in total. The van der Waals surface area contributed by atoms with Gasteiger partial charge >= 0.3 is 0 Å². The topological polar surface area (TPSA) is 90.7 Å². The number of halogens is 1. The van der Waals surface area contributed by atoms with Gasteiger partial charge in [0, 0.05) is 44.6 Å². The van der Waals surface area contributed by atoms with E-state index in [-0.39, 0.29) is 17.9 Å². The smallest absolute Gasteiger partial charge is 0.240 e. The second kappa shape index (κ2) is 18.0. The predicted molar refractivity (Wildman–Crippen MR) is 204 cm³/mol. The molecule has 2 aromatic rings. The maximum atomic E-state index is 14.0. The average Bonchev–Trinajstić information content (AvgIpc) is 3.56. The number of anilines is 1. The molecule has 2 aliphatic carbocycles. The zero-order valence-corrected chi connectivity index (χ0v) is 31.4. The monoisotopic (exact) mass is 709 g/mol. The van der Waals surface area contributed by atoms with Crippen LogP contribution in [0.15, 0.2) is 22.9 Å². The number of thiophene rings is 1. The molecular formula is C40H60ClN5O2S. The van der Waals surface area contributed by atoms with E-state index in [9.17, 15) is 9.59 Å². The van der Waals surface area contributed by atoms with Crippen LogP contribution in [0.1, 0.15) is 99.3 Å². The highest BCUT2D eigenvalue weighted by molar-refractivity contribution is 7.08. The molecule has 270 valence electrons. The molecule has 6 rings (SSSR count). The first-order valence-electron chi connectivity index (χ1n) is 19.4. The number of nitrogens with zero attached hydrogens (tertiary/aromatic N) is 2. The van der Waals surface area contributed by atoms with Gasteiger partial charge in [-0.25, -0.2) is 0 Å². The van der Waals surface area contributed by atoms with Gasteiger partial charge < -0.3 is 21.3 Å². The van der Waals surface area contributed by atoms with Crippen molar-refractivity contribution in [2.45, 2.75) is 115 Å². The van der Waals surface area contributed by atoms with Gasteiger partial charge in [0.25, 0.3) is 0 Å². The summed E-state index contributed by atoms with van der Waals surface area (Å²) in [7, 11) is 0. The number of aryl methyl sites for hydroxylation is 2. The van der Waals surface area contributed by atoms with Gasteiger partial charge in [-0.2, -0.15) is 11.3 Å². The predicted octanol–water partition coefficient (Wildman–Crippen LogP) is 6.82. The van der Waals surface area contributed by atoms with E-state index in [1.165, 1.54) is 62.5 Å². The van der Waals surface area contributed by atoms with Crippen molar-refractivity contribution in [2.24, 2.45) is 17.8 Å². The number of ketones is 1. The first-order chi connectivity index (χ1) is 23.8. The van der Waals surface area contributed by atoms with Gasteiger partial charge in [0.2, 0.25) is 5.91 Å². The number of carbonyl (C=O) groups is 2. The molecule has 1 saturated carbocycles. The molecule has 1 aromatic heterocycles. The minimum absolute atomic E-state index is 0.217. The van der Waals surface area contributed by atoms with Crippen LogP contribution in [0.5, 0.6) is 0 Å². The minimum Gasteiger partial charge on any atom is -0.397 e. The molecule has 1 unspecified atom stereocenters. The maximum absolute atomic E-state index is 14.0. The Bertz CT molecular complexity index is 1350. The second-order valence-corrected chi connectivity index (χ2v) is 16.8. The molecule has 0 radical (unpaired) electrons. The van der Waals surface area contributed by atoms with Crippen LogP contribution in [0.25, 0.3) is 0 Å². The summed E-state index contributed by atoms with van der Waals surface area (Å²) in [6.07, 6.45) is 16.6. The van der Waals surface area contributed by atoms with Gasteiger partial charge in [0.05, 0.1) is 16.8 Å². The van der Waals surface area contributed by atoms with Crippen molar-refractivity contribution in [3.05, 3.63) is 50.2 Å². The molecule has 49 heavy (non-hydrogen) atoms. The number of nitrogen functional groups attached to an aromatic ring is 1. The molecule has 1 amide bonds. The number of carbonyl (C=O) groups excluding carboxylic acids is 2. The lowest BCUT2D eigenvalue weighted by Crippen LogP contribution is -2.57. The second-order valence-electron chi connectivity index (χ2n) is 15.6. The highest BCUT2D eigenvalue weighted by Crippen LogP contribution is 2.36. The number of nitrogens with one attached hydrogen (secondary N) is 2. The lowest BCUT2D eigenvalue weighted by molar-refractivity contribution is -0.135. The van der Waals surface area contributed by atoms with Crippen LogP contribution in [0.4, 0.5) is 5.69 Å². The third-order valence-electron chi connectivity index (χ3n) is 12.3. The summed E-state index contributed by atoms with van der Waals surface area (Å²) in [6.45, 7) is 8.56. The molecule has 0 bridgehead atoms. The van der Waals surface area contributed by atoms with Crippen LogP contribution in [0.3, 0.4) is 0 Å².